The number of nitrogens with two attached hydrogens (primary N) is 1. The fraction of sp³-hybridized carbons (Fsp3) is 1.00. The number of methoxy groups -OCH3 is 1. The molecule has 3 nitrogen and oxygen atoms in total. The molecule has 0 aromatic rings. The number of likely N-dealkylation sites (N-methyl/N-ethyl adjacent to an activating group) is 1. The van der Waals surface area contributed by atoms with Gasteiger partial charge in [0.2, 0.25) is 0 Å². The molecule has 0 rings (SSSR count). The first-order chi connectivity index (χ1) is 7.65. The van der Waals surface area contributed by atoms with Gasteiger partial charge in [0, 0.05) is 13.2 Å². The topological polar surface area (TPSA) is 38.5 Å². The molecule has 0 amide bonds. The molecule has 0 aliphatic rings. The van der Waals surface area contributed by atoms with Crippen LogP contribution in [0.25, 0.3) is 0 Å². The van der Waals surface area contributed by atoms with Crippen LogP contribution in [-0.4, -0.2) is 44.3 Å². The number of hydrogen-bond acceptors (Lipinski definition) is 3. The van der Waals surface area contributed by atoms with Gasteiger partial charge in [0.15, 0.2) is 0 Å². The van der Waals surface area contributed by atoms with Crippen LogP contribution in [0.1, 0.15) is 40.0 Å². The predicted octanol–water partition coefficient (Wildman–Crippen LogP) is 2.11. The van der Waals surface area contributed by atoms with Crippen LogP contribution in [0.3, 0.4) is 0 Å². The minimum absolute atomic E-state index is 0.528. The van der Waals surface area contributed by atoms with Crippen molar-refractivity contribution in [3.63, 3.8) is 0 Å². The van der Waals surface area contributed by atoms with E-state index in [1.165, 1.54) is 19.4 Å². The van der Waals surface area contributed by atoms with Crippen molar-refractivity contribution in [1.82, 2.24) is 4.90 Å². The van der Waals surface area contributed by atoms with E-state index in [-0.39, 0.29) is 0 Å². The highest BCUT2D eigenvalue weighted by Crippen LogP contribution is 2.11. The van der Waals surface area contributed by atoms with Gasteiger partial charge in [0.1, 0.15) is 0 Å². The first-order valence-corrected chi connectivity index (χ1v) is 6.58. The number of nitrogens with zero attached hydrogens (tertiary/aromatic N) is 1. The van der Waals surface area contributed by atoms with Crippen LogP contribution in [0.15, 0.2) is 0 Å². The summed E-state index contributed by atoms with van der Waals surface area (Å²) in [6.07, 6.45) is 3.70. The van der Waals surface area contributed by atoms with Gasteiger partial charge in [-0.05, 0) is 51.7 Å². The van der Waals surface area contributed by atoms with E-state index in [4.69, 9.17) is 10.5 Å². The summed E-state index contributed by atoms with van der Waals surface area (Å²) < 4.78 is 5.19. The van der Waals surface area contributed by atoms with Crippen LogP contribution in [0.5, 0.6) is 0 Å². The Kier molecular flexibility index (Phi) is 9.99. The fourth-order valence-corrected chi connectivity index (χ4v) is 2.11. The third-order valence-electron chi connectivity index (χ3n) is 3.24. The zero-order chi connectivity index (χ0) is 12.4. The quantitative estimate of drug-likeness (QED) is 0.625. The van der Waals surface area contributed by atoms with E-state index < -0.39 is 0 Å². The second kappa shape index (κ2) is 10.1. The summed E-state index contributed by atoms with van der Waals surface area (Å²) >= 11 is 0. The smallest absolute Gasteiger partial charge is 0.0615 e. The van der Waals surface area contributed by atoms with Gasteiger partial charge in [-0.2, -0.15) is 0 Å². The van der Waals surface area contributed by atoms with Gasteiger partial charge in [0.05, 0.1) is 6.61 Å². The van der Waals surface area contributed by atoms with Crippen molar-refractivity contribution >= 4 is 0 Å². The molecule has 0 bridgehead atoms. The molecule has 2 atom stereocenters. The molecular formula is C13H30N2O. The van der Waals surface area contributed by atoms with Crippen LogP contribution in [0.2, 0.25) is 0 Å². The van der Waals surface area contributed by atoms with Crippen molar-refractivity contribution in [2.75, 3.05) is 33.4 Å². The molecule has 2 unspecified atom stereocenters. The molecule has 0 radical (unpaired) electrons. The molecule has 16 heavy (non-hydrogen) atoms. The van der Waals surface area contributed by atoms with Crippen molar-refractivity contribution in [1.29, 1.82) is 0 Å². The monoisotopic (exact) mass is 230 g/mol. The summed E-state index contributed by atoms with van der Waals surface area (Å²) in [6, 6.07) is 0.528. The Hall–Kier alpha value is -0.120. The van der Waals surface area contributed by atoms with Crippen LogP contribution in [0, 0.1) is 5.92 Å². The summed E-state index contributed by atoms with van der Waals surface area (Å²) in [5, 5.41) is 0. The first-order valence-electron chi connectivity index (χ1n) is 6.58. The zero-order valence-electron chi connectivity index (χ0n) is 11.5. The Morgan fingerprint density at radius 1 is 1.25 bits per heavy atom. The van der Waals surface area contributed by atoms with E-state index in [1.54, 1.807) is 7.11 Å². The highest BCUT2D eigenvalue weighted by molar-refractivity contribution is 4.66. The van der Waals surface area contributed by atoms with Crippen molar-refractivity contribution in [3.05, 3.63) is 0 Å². The minimum atomic E-state index is 0.528. The average Bonchev–Trinajstić information content (AvgIpc) is 2.25. The lowest BCUT2D eigenvalue weighted by molar-refractivity contribution is 0.101. The molecule has 98 valence electrons. The van der Waals surface area contributed by atoms with Crippen LogP contribution < -0.4 is 5.73 Å². The van der Waals surface area contributed by atoms with Gasteiger partial charge in [-0.1, -0.05) is 13.8 Å². The third-order valence-corrected chi connectivity index (χ3v) is 3.24. The molecule has 0 fully saturated rings. The molecule has 3 heteroatoms. The molecular weight excluding hydrogens is 200 g/mol. The summed E-state index contributed by atoms with van der Waals surface area (Å²) in [5.74, 6) is 0.765. The van der Waals surface area contributed by atoms with Gasteiger partial charge in [-0.3, -0.25) is 4.90 Å². The van der Waals surface area contributed by atoms with Crippen LogP contribution >= 0.6 is 0 Å². The van der Waals surface area contributed by atoms with E-state index in [0.717, 1.165) is 32.0 Å². The second-order valence-corrected chi connectivity index (χ2v) is 4.76. The first kappa shape index (κ1) is 15.9. The van der Waals surface area contributed by atoms with Crippen LogP contribution in [-0.2, 0) is 4.74 Å². The molecule has 0 heterocycles. The van der Waals surface area contributed by atoms with Gasteiger partial charge in [0.25, 0.3) is 0 Å². The molecule has 0 aromatic carbocycles. The maximum atomic E-state index is 5.55. The Bertz CT molecular complexity index is 153. The Morgan fingerprint density at radius 2 is 1.94 bits per heavy atom. The fourth-order valence-electron chi connectivity index (χ4n) is 2.11. The standard InChI is InChI=1S/C13H30N2O/c1-5-15(13(3)11-16-4)10-6-7-12(2)8-9-14/h12-13H,5-11,14H2,1-4H3. The van der Waals surface area contributed by atoms with Gasteiger partial charge in [-0.25, -0.2) is 0 Å². The summed E-state index contributed by atoms with van der Waals surface area (Å²) in [4.78, 5) is 2.48. The lowest BCUT2D eigenvalue weighted by atomic mass is 10.0. The van der Waals surface area contributed by atoms with E-state index in [2.05, 4.69) is 25.7 Å². The highest BCUT2D eigenvalue weighted by Gasteiger charge is 2.11. The molecule has 0 aliphatic heterocycles. The zero-order valence-corrected chi connectivity index (χ0v) is 11.5. The van der Waals surface area contributed by atoms with Crippen molar-refractivity contribution in [3.8, 4) is 0 Å². The molecule has 0 saturated carbocycles. The van der Waals surface area contributed by atoms with Crippen molar-refractivity contribution in [2.45, 2.75) is 46.1 Å². The largest absolute Gasteiger partial charge is 0.383 e. The molecule has 0 aromatic heterocycles. The summed E-state index contributed by atoms with van der Waals surface area (Å²) in [5.41, 5.74) is 5.55. The summed E-state index contributed by atoms with van der Waals surface area (Å²) in [7, 11) is 1.77. The Labute approximate surface area is 101 Å². The second-order valence-electron chi connectivity index (χ2n) is 4.76. The third kappa shape index (κ3) is 7.20. The highest BCUT2D eigenvalue weighted by atomic mass is 16.5. The maximum Gasteiger partial charge on any atom is 0.0615 e. The normalized spacial score (nSPS) is 15.4. The van der Waals surface area contributed by atoms with Crippen molar-refractivity contribution in [2.24, 2.45) is 11.7 Å². The van der Waals surface area contributed by atoms with E-state index in [9.17, 15) is 0 Å². The van der Waals surface area contributed by atoms with E-state index in [0.29, 0.717) is 6.04 Å². The van der Waals surface area contributed by atoms with Gasteiger partial charge in [-0.15, -0.1) is 0 Å². The maximum absolute atomic E-state index is 5.55. The minimum Gasteiger partial charge on any atom is -0.383 e. The van der Waals surface area contributed by atoms with Gasteiger partial charge < -0.3 is 10.5 Å². The van der Waals surface area contributed by atoms with E-state index >= 15 is 0 Å². The lowest BCUT2D eigenvalue weighted by Gasteiger charge is -2.27. The lowest BCUT2D eigenvalue weighted by Crippen LogP contribution is -2.36. The Morgan fingerprint density at radius 3 is 2.44 bits per heavy atom. The summed E-state index contributed by atoms with van der Waals surface area (Å²) in [6.45, 7) is 10.7. The van der Waals surface area contributed by atoms with E-state index in [1.807, 2.05) is 0 Å². The number of ether oxygens (including phenoxy) is 1. The van der Waals surface area contributed by atoms with Crippen LogP contribution in [0.4, 0.5) is 0 Å². The number of rotatable bonds is 10. The predicted molar refractivity (Wildman–Crippen MR) is 70.7 cm³/mol. The average molecular weight is 230 g/mol. The number of hydrogen-bond donors (Lipinski definition) is 1. The molecule has 2 N–H and O–H groups in total. The molecule has 0 saturated heterocycles. The molecule has 0 aliphatic carbocycles. The van der Waals surface area contributed by atoms with Gasteiger partial charge >= 0.3 is 0 Å². The molecule has 0 spiro atoms. The SMILES string of the molecule is CCN(CCCC(C)CCN)C(C)COC. The van der Waals surface area contributed by atoms with Crippen molar-refractivity contribution < 1.29 is 4.74 Å². The Balaban J connectivity index is 3.69.